The topological polar surface area (TPSA) is 76.0 Å². The van der Waals surface area contributed by atoms with Gasteiger partial charge in [-0.2, -0.15) is 8.42 Å². The monoisotopic (exact) mass is 235 g/mol. The maximum Gasteiger partial charge on any atom is 0.261 e. The zero-order chi connectivity index (χ0) is 11.4. The molecule has 0 aromatic carbocycles. The van der Waals surface area contributed by atoms with Crippen molar-refractivity contribution in [2.75, 3.05) is 6.26 Å². The Hall–Kier alpha value is -0.620. The smallest absolute Gasteiger partial charge is 0.261 e. The maximum atomic E-state index is 9.19. The Labute approximate surface area is 90.2 Å². The highest BCUT2D eigenvalue weighted by Crippen LogP contribution is 2.36. The molecule has 0 radical (unpaired) electrons. The van der Waals surface area contributed by atoms with Crippen molar-refractivity contribution in [2.45, 2.75) is 44.1 Å². The van der Waals surface area contributed by atoms with Gasteiger partial charge < -0.3 is 4.84 Å². The molecule has 2 aliphatic rings. The third-order valence-electron chi connectivity index (χ3n) is 2.55. The molecule has 0 aromatic heterocycles. The van der Waals surface area contributed by atoms with Gasteiger partial charge in [-0.25, -0.2) is 0 Å². The number of nitrogens with zero attached hydrogens (tertiary/aromatic N) is 1. The predicted octanol–water partition coefficient (Wildman–Crippen LogP) is 1.60. The molecule has 1 N–H and O–H groups in total. The van der Waals surface area contributed by atoms with Crippen molar-refractivity contribution in [2.24, 2.45) is 5.16 Å². The fourth-order valence-corrected chi connectivity index (χ4v) is 1.88. The van der Waals surface area contributed by atoms with Crippen molar-refractivity contribution in [1.29, 1.82) is 0 Å². The molecule has 88 valence electrons. The predicted molar refractivity (Wildman–Crippen MR) is 57.5 cm³/mol. The van der Waals surface area contributed by atoms with Crippen LogP contribution in [0.5, 0.6) is 0 Å². The maximum absolute atomic E-state index is 9.19. The van der Waals surface area contributed by atoms with Crippen molar-refractivity contribution in [3.63, 3.8) is 0 Å². The summed E-state index contributed by atoms with van der Waals surface area (Å²) in [6, 6.07) is 0. The lowest BCUT2D eigenvalue weighted by Crippen LogP contribution is -2.30. The Morgan fingerprint density at radius 3 is 2.27 bits per heavy atom. The summed E-state index contributed by atoms with van der Waals surface area (Å²) in [4.78, 5) is 5.35. The number of hydrogen-bond donors (Lipinski definition) is 1. The van der Waals surface area contributed by atoms with E-state index in [1.165, 1.54) is 32.1 Å². The molecule has 1 heterocycles. The first-order valence-corrected chi connectivity index (χ1v) is 6.89. The van der Waals surface area contributed by atoms with Crippen LogP contribution >= 0.6 is 0 Å². The van der Waals surface area contributed by atoms with Crippen LogP contribution in [-0.4, -0.2) is 31.0 Å². The molecule has 0 atom stereocenters. The summed E-state index contributed by atoms with van der Waals surface area (Å²) in [5.74, 6) is 0. The highest BCUT2D eigenvalue weighted by molar-refractivity contribution is 7.85. The molecule has 0 unspecified atom stereocenters. The first kappa shape index (κ1) is 12.4. The van der Waals surface area contributed by atoms with E-state index in [1.807, 2.05) is 6.21 Å². The van der Waals surface area contributed by atoms with Crippen LogP contribution < -0.4 is 0 Å². The number of oxime groups is 1. The zero-order valence-electron chi connectivity index (χ0n) is 8.85. The van der Waals surface area contributed by atoms with E-state index < -0.39 is 10.1 Å². The zero-order valence-corrected chi connectivity index (χ0v) is 9.66. The minimum Gasteiger partial charge on any atom is -0.389 e. The minimum atomic E-state index is -3.67. The van der Waals surface area contributed by atoms with Gasteiger partial charge >= 0.3 is 0 Å². The first-order valence-electron chi connectivity index (χ1n) is 5.04. The van der Waals surface area contributed by atoms with Crippen LogP contribution in [0.15, 0.2) is 5.16 Å². The third-order valence-corrected chi connectivity index (χ3v) is 2.55. The number of rotatable bonds is 0. The van der Waals surface area contributed by atoms with E-state index in [1.54, 1.807) is 0 Å². The second kappa shape index (κ2) is 4.94. The van der Waals surface area contributed by atoms with E-state index in [0.29, 0.717) is 6.26 Å². The van der Waals surface area contributed by atoms with Crippen LogP contribution in [0.4, 0.5) is 0 Å². The van der Waals surface area contributed by atoms with Gasteiger partial charge in [0.25, 0.3) is 10.1 Å². The summed E-state index contributed by atoms with van der Waals surface area (Å²) in [6.07, 6.45) is 10.1. The van der Waals surface area contributed by atoms with Crippen LogP contribution in [0.3, 0.4) is 0 Å². The summed E-state index contributed by atoms with van der Waals surface area (Å²) in [5.41, 5.74) is 0.151. The van der Waals surface area contributed by atoms with Crippen molar-refractivity contribution in [3.8, 4) is 0 Å². The van der Waals surface area contributed by atoms with E-state index in [4.69, 9.17) is 9.39 Å². The van der Waals surface area contributed by atoms with Crippen LogP contribution in [-0.2, 0) is 15.0 Å². The molecule has 0 aromatic rings. The van der Waals surface area contributed by atoms with E-state index >= 15 is 0 Å². The Morgan fingerprint density at radius 2 is 1.87 bits per heavy atom. The van der Waals surface area contributed by atoms with Crippen LogP contribution in [0, 0.1) is 0 Å². The molecular formula is C9H17NO4S. The van der Waals surface area contributed by atoms with Gasteiger partial charge in [0.2, 0.25) is 0 Å². The molecule has 6 heteroatoms. The van der Waals surface area contributed by atoms with Crippen LogP contribution in [0.1, 0.15) is 38.5 Å². The Morgan fingerprint density at radius 1 is 1.33 bits per heavy atom. The largest absolute Gasteiger partial charge is 0.389 e. The van der Waals surface area contributed by atoms with Crippen LogP contribution in [0.25, 0.3) is 0 Å². The van der Waals surface area contributed by atoms with Gasteiger partial charge in [0.15, 0.2) is 0 Å². The van der Waals surface area contributed by atoms with E-state index in [2.05, 4.69) is 5.16 Å². The summed E-state index contributed by atoms with van der Waals surface area (Å²) >= 11 is 0. The lowest BCUT2D eigenvalue weighted by atomic mass is 9.83. The average Bonchev–Trinajstić information content (AvgIpc) is 2.52. The second-order valence-corrected chi connectivity index (χ2v) is 5.53. The SMILES string of the molecule is C1=NOC2(C1)CCCCC2.CS(=O)(=O)O. The lowest BCUT2D eigenvalue weighted by Gasteiger charge is -2.29. The standard InChI is InChI=1S/C8H13NO.CH4O3S/c1-2-4-8(5-3-1)6-7-9-10-8;1-5(2,3)4/h7H,1-6H2;1H3,(H,2,3,4). The summed E-state index contributed by atoms with van der Waals surface area (Å²) < 4.78 is 25.9. The van der Waals surface area contributed by atoms with Gasteiger partial charge in [-0.15, -0.1) is 0 Å². The van der Waals surface area contributed by atoms with Gasteiger partial charge in [0.05, 0.1) is 6.26 Å². The van der Waals surface area contributed by atoms with Gasteiger partial charge in [0, 0.05) is 12.6 Å². The van der Waals surface area contributed by atoms with Crippen molar-refractivity contribution in [3.05, 3.63) is 0 Å². The fourth-order valence-electron chi connectivity index (χ4n) is 1.88. The number of hydrogen-bond acceptors (Lipinski definition) is 4. The summed E-state index contributed by atoms with van der Waals surface area (Å²) in [7, 11) is -3.67. The molecule has 15 heavy (non-hydrogen) atoms. The normalized spacial score (nSPS) is 23.1. The highest BCUT2D eigenvalue weighted by atomic mass is 32.2. The quantitative estimate of drug-likeness (QED) is 0.647. The second-order valence-electron chi connectivity index (χ2n) is 4.06. The minimum absolute atomic E-state index is 0.151. The third kappa shape index (κ3) is 5.13. The Bertz CT molecular complexity index is 299. The molecule has 0 saturated heterocycles. The fraction of sp³-hybridized carbons (Fsp3) is 0.889. The molecule has 1 aliphatic carbocycles. The Balaban J connectivity index is 0.000000195. The van der Waals surface area contributed by atoms with Crippen LogP contribution in [0.2, 0.25) is 0 Å². The molecule has 2 rings (SSSR count). The summed E-state index contributed by atoms with van der Waals surface area (Å²) in [5, 5.41) is 3.84. The molecule has 0 bridgehead atoms. The van der Waals surface area contributed by atoms with Crippen molar-refractivity contribution in [1.82, 2.24) is 0 Å². The Kier molecular flexibility index (Phi) is 4.10. The molecule has 1 saturated carbocycles. The van der Waals surface area contributed by atoms with E-state index in [9.17, 15) is 8.42 Å². The molecule has 1 spiro atoms. The molecule has 5 nitrogen and oxygen atoms in total. The lowest BCUT2D eigenvalue weighted by molar-refractivity contribution is -0.0449. The molecule has 0 amide bonds. The first-order chi connectivity index (χ1) is 6.91. The van der Waals surface area contributed by atoms with Crippen molar-refractivity contribution < 1.29 is 17.8 Å². The molecular weight excluding hydrogens is 218 g/mol. The van der Waals surface area contributed by atoms with Gasteiger partial charge in [0.1, 0.15) is 5.60 Å². The highest BCUT2D eigenvalue weighted by Gasteiger charge is 2.36. The molecule has 1 aliphatic heterocycles. The van der Waals surface area contributed by atoms with Gasteiger partial charge in [-0.3, -0.25) is 4.55 Å². The molecule has 1 fully saturated rings. The van der Waals surface area contributed by atoms with Gasteiger partial charge in [-0.1, -0.05) is 11.6 Å². The summed E-state index contributed by atoms with van der Waals surface area (Å²) in [6.45, 7) is 0. The van der Waals surface area contributed by atoms with Gasteiger partial charge in [-0.05, 0) is 25.7 Å². The van der Waals surface area contributed by atoms with Crippen molar-refractivity contribution >= 4 is 16.3 Å². The average molecular weight is 235 g/mol. The van der Waals surface area contributed by atoms with E-state index in [-0.39, 0.29) is 5.60 Å². The van der Waals surface area contributed by atoms with E-state index in [0.717, 1.165) is 6.42 Å².